The third kappa shape index (κ3) is 2.63. The molecule has 0 unspecified atom stereocenters. The molecule has 0 bridgehead atoms. The SMILES string of the molecule is CC(C)(O)c1cnn(C(=O)N2CCCCC2)n1. The van der Waals surface area contributed by atoms with Crippen molar-refractivity contribution in [3.63, 3.8) is 0 Å². The second-order valence-corrected chi connectivity index (χ2v) is 4.91. The lowest BCUT2D eigenvalue weighted by atomic mass is 10.1. The zero-order chi connectivity index (χ0) is 12.5. The highest BCUT2D eigenvalue weighted by atomic mass is 16.3. The predicted molar refractivity (Wildman–Crippen MR) is 61.5 cm³/mol. The van der Waals surface area contributed by atoms with E-state index in [-0.39, 0.29) is 6.03 Å². The minimum absolute atomic E-state index is 0.208. The van der Waals surface area contributed by atoms with Gasteiger partial charge in [0, 0.05) is 13.1 Å². The summed E-state index contributed by atoms with van der Waals surface area (Å²) in [5.74, 6) is 0. The molecule has 1 N–H and O–H groups in total. The van der Waals surface area contributed by atoms with Gasteiger partial charge in [-0.2, -0.15) is 5.10 Å². The molecule has 94 valence electrons. The predicted octanol–water partition coefficient (Wildman–Crippen LogP) is 0.960. The van der Waals surface area contributed by atoms with Crippen LogP contribution in [0.15, 0.2) is 6.20 Å². The van der Waals surface area contributed by atoms with Gasteiger partial charge >= 0.3 is 6.03 Å². The van der Waals surface area contributed by atoms with Gasteiger partial charge in [-0.05, 0) is 33.1 Å². The molecular weight excluding hydrogens is 220 g/mol. The maximum Gasteiger partial charge on any atom is 0.362 e. The number of carbonyl (C=O) groups is 1. The van der Waals surface area contributed by atoms with Crippen LogP contribution in [0.2, 0.25) is 0 Å². The van der Waals surface area contributed by atoms with Crippen LogP contribution >= 0.6 is 0 Å². The Labute approximate surface area is 100 Å². The van der Waals surface area contributed by atoms with E-state index in [1.165, 1.54) is 12.6 Å². The van der Waals surface area contributed by atoms with E-state index in [1.807, 2.05) is 0 Å². The first-order valence-electron chi connectivity index (χ1n) is 5.93. The van der Waals surface area contributed by atoms with Crippen LogP contribution in [0.1, 0.15) is 38.8 Å². The zero-order valence-corrected chi connectivity index (χ0v) is 10.3. The molecule has 0 aliphatic carbocycles. The van der Waals surface area contributed by atoms with Crippen molar-refractivity contribution in [2.75, 3.05) is 13.1 Å². The Hall–Kier alpha value is -1.43. The molecule has 1 aromatic heterocycles. The van der Waals surface area contributed by atoms with E-state index < -0.39 is 5.60 Å². The van der Waals surface area contributed by atoms with Gasteiger partial charge in [0.2, 0.25) is 0 Å². The number of amides is 1. The number of nitrogens with zero attached hydrogens (tertiary/aromatic N) is 4. The second kappa shape index (κ2) is 4.44. The van der Waals surface area contributed by atoms with Gasteiger partial charge < -0.3 is 10.0 Å². The average Bonchev–Trinajstić information content (AvgIpc) is 2.78. The number of hydrogen-bond donors (Lipinski definition) is 1. The standard InChI is InChI=1S/C11H18N4O2/c1-11(2,17)9-8-12-15(13-9)10(16)14-6-4-3-5-7-14/h8,17H,3-7H2,1-2H3. The van der Waals surface area contributed by atoms with Crippen LogP contribution in [-0.4, -0.2) is 44.1 Å². The number of likely N-dealkylation sites (tertiary alicyclic amines) is 1. The van der Waals surface area contributed by atoms with E-state index in [4.69, 9.17) is 0 Å². The molecule has 1 aliphatic heterocycles. The highest BCUT2D eigenvalue weighted by Crippen LogP contribution is 2.16. The van der Waals surface area contributed by atoms with Crippen LogP contribution in [0.3, 0.4) is 0 Å². The highest BCUT2D eigenvalue weighted by Gasteiger charge is 2.24. The summed E-state index contributed by atoms with van der Waals surface area (Å²) in [4.78, 5) is 14.8. The Bertz CT molecular complexity index is 402. The third-order valence-electron chi connectivity index (χ3n) is 2.92. The molecular formula is C11H18N4O2. The zero-order valence-electron chi connectivity index (χ0n) is 10.3. The molecule has 0 atom stereocenters. The Balaban J connectivity index is 2.11. The molecule has 1 saturated heterocycles. The molecule has 0 aromatic carbocycles. The molecule has 2 rings (SSSR count). The van der Waals surface area contributed by atoms with Crippen molar-refractivity contribution in [3.05, 3.63) is 11.9 Å². The average molecular weight is 238 g/mol. The summed E-state index contributed by atoms with van der Waals surface area (Å²) in [6.07, 6.45) is 4.67. The second-order valence-electron chi connectivity index (χ2n) is 4.91. The van der Waals surface area contributed by atoms with Crippen molar-refractivity contribution >= 4 is 6.03 Å². The van der Waals surface area contributed by atoms with Crippen LogP contribution < -0.4 is 0 Å². The number of piperidine rings is 1. The summed E-state index contributed by atoms with van der Waals surface area (Å²) < 4.78 is 0. The van der Waals surface area contributed by atoms with Gasteiger partial charge in [0.1, 0.15) is 11.3 Å². The van der Waals surface area contributed by atoms with Gasteiger partial charge in [0.25, 0.3) is 0 Å². The van der Waals surface area contributed by atoms with Gasteiger partial charge in [0.05, 0.1) is 6.20 Å². The molecule has 1 aromatic rings. The van der Waals surface area contributed by atoms with Crippen molar-refractivity contribution in [1.82, 2.24) is 19.9 Å². The monoisotopic (exact) mass is 238 g/mol. The quantitative estimate of drug-likeness (QED) is 0.791. The van der Waals surface area contributed by atoms with E-state index in [1.54, 1.807) is 18.7 Å². The molecule has 1 amide bonds. The summed E-state index contributed by atoms with van der Waals surface area (Å²) in [6, 6.07) is -0.208. The molecule has 0 spiro atoms. The topological polar surface area (TPSA) is 71.2 Å². The minimum Gasteiger partial charge on any atom is -0.384 e. The van der Waals surface area contributed by atoms with E-state index in [0.717, 1.165) is 30.7 Å². The maximum absolute atomic E-state index is 12.0. The summed E-state index contributed by atoms with van der Waals surface area (Å²) in [6.45, 7) is 4.76. The Morgan fingerprint density at radius 1 is 1.35 bits per heavy atom. The molecule has 1 fully saturated rings. The molecule has 0 radical (unpaired) electrons. The fraction of sp³-hybridized carbons (Fsp3) is 0.727. The first-order valence-corrected chi connectivity index (χ1v) is 5.93. The number of rotatable bonds is 1. The van der Waals surface area contributed by atoms with Crippen molar-refractivity contribution in [2.45, 2.75) is 38.7 Å². The van der Waals surface area contributed by atoms with Gasteiger partial charge in [-0.3, -0.25) is 0 Å². The molecule has 2 heterocycles. The summed E-state index contributed by atoms with van der Waals surface area (Å²) >= 11 is 0. The van der Waals surface area contributed by atoms with Gasteiger partial charge in [-0.1, -0.05) is 4.80 Å². The number of aromatic nitrogens is 3. The maximum atomic E-state index is 12.0. The summed E-state index contributed by atoms with van der Waals surface area (Å²) in [5, 5.41) is 17.7. The smallest absolute Gasteiger partial charge is 0.362 e. The van der Waals surface area contributed by atoms with E-state index in [9.17, 15) is 9.90 Å². The van der Waals surface area contributed by atoms with Gasteiger partial charge in [-0.15, -0.1) is 5.10 Å². The fourth-order valence-corrected chi connectivity index (χ4v) is 1.85. The Morgan fingerprint density at radius 3 is 2.53 bits per heavy atom. The lowest BCUT2D eigenvalue weighted by Gasteiger charge is -2.25. The molecule has 0 saturated carbocycles. The summed E-state index contributed by atoms with van der Waals surface area (Å²) in [5.41, 5.74) is -0.664. The number of hydrogen-bond acceptors (Lipinski definition) is 4. The number of aliphatic hydroxyl groups is 1. The van der Waals surface area contributed by atoms with Crippen LogP contribution in [-0.2, 0) is 5.60 Å². The minimum atomic E-state index is -1.07. The van der Waals surface area contributed by atoms with Crippen LogP contribution in [0.4, 0.5) is 4.79 Å². The lowest BCUT2D eigenvalue weighted by Crippen LogP contribution is -2.39. The first-order chi connectivity index (χ1) is 7.98. The van der Waals surface area contributed by atoms with Crippen molar-refractivity contribution in [3.8, 4) is 0 Å². The third-order valence-corrected chi connectivity index (χ3v) is 2.92. The molecule has 6 heteroatoms. The van der Waals surface area contributed by atoms with Crippen molar-refractivity contribution in [1.29, 1.82) is 0 Å². The van der Waals surface area contributed by atoms with Crippen LogP contribution in [0.5, 0.6) is 0 Å². The Morgan fingerprint density at radius 2 is 2.00 bits per heavy atom. The normalized spacial score (nSPS) is 17.2. The van der Waals surface area contributed by atoms with Gasteiger partial charge in [-0.25, -0.2) is 4.79 Å². The first kappa shape index (κ1) is 12.0. The molecule has 17 heavy (non-hydrogen) atoms. The van der Waals surface area contributed by atoms with E-state index in [2.05, 4.69) is 10.2 Å². The van der Waals surface area contributed by atoms with Crippen molar-refractivity contribution < 1.29 is 9.90 Å². The molecule has 1 aliphatic rings. The molecule has 6 nitrogen and oxygen atoms in total. The van der Waals surface area contributed by atoms with E-state index >= 15 is 0 Å². The summed E-state index contributed by atoms with van der Waals surface area (Å²) in [7, 11) is 0. The largest absolute Gasteiger partial charge is 0.384 e. The highest BCUT2D eigenvalue weighted by molar-refractivity contribution is 5.74. The van der Waals surface area contributed by atoms with Crippen LogP contribution in [0, 0.1) is 0 Å². The fourth-order valence-electron chi connectivity index (χ4n) is 1.85. The van der Waals surface area contributed by atoms with E-state index in [0.29, 0.717) is 5.69 Å². The van der Waals surface area contributed by atoms with Crippen molar-refractivity contribution in [2.24, 2.45) is 0 Å². The lowest BCUT2D eigenvalue weighted by molar-refractivity contribution is 0.0732. The number of carbonyl (C=O) groups excluding carboxylic acids is 1. The Kier molecular flexibility index (Phi) is 3.15. The van der Waals surface area contributed by atoms with Crippen LogP contribution in [0.25, 0.3) is 0 Å². The van der Waals surface area contributed by atoms with Gasteiger partial charge in [0.15, 0.2) is 0 Å².